The molecule has 0 amide bonds. The highest BCUT2D eigenvalue weighted by Gasteiger charge is 2.47. The molecule has 2 heterocycles. The highest BCUT2D eigenvalue weighted by atomic mass is 15.2. The number of nitrogens with zero attached hydrogens (tertiary/aromatic N) is 2. The number of benzene rings is 8. The molecule has 0 N–H and O–H groups in total. The van der Waals surface area contributed by atoms with Crippen LogP contribution in [0.2, 0.25) is 0 Å². The van der Waals surface area contributed by atoms with E-state index in [1.807, 2.05) is 0 Å². The lowest BCUT2D eigenvalue weighted by atomic mass is 9.33. The summed E-state index contributed by atoms with van der Waals surface area (Å²) in [6.07, 6.45) is 2.31. The second-order valence-electron chi connectivity index (χ2n) is 23.4. The zero-order chi connectivity index (χ0) is 47.5. The van der Waals surface area contributed by atoms with Gasteiger partial charge in [-0.25, -0.2) is 0 Å². The van der Waals surface area contributed by atoms with E-state index in [1.165, 1.54) is 112 Å². The minimum absolute atomic E-state index is 0.0204. The average molecular weight is 885 g/mol. The van der Waals surface area contributed by atoms with Crippen molar-refractivity contribution in [3.8, 4) is 33.4 Å². The van der Waals surface area contributed by atoms with Crippen molar-refractivity contribution in [2.45, 2.75) is 111 Å². The van der Waals surface area contributed by atoms with Gasteiger partial charge in [-0.2, -0.15) is 0 Å². The van der Waals surface area contributed by atoms with Crippen LogP contribution in [0.15, 0.2) is 170 Å². The maximum absolute atomic E-state index is 2.69. The van der Waals surface area contributed by atoms with Gasteiger partial charge in [-0.05, 0) is 156 Å². The molecule has 3 heteroatoms. The van der Waals surface area contributed by atoms with E-state index in [-0.39, 0.29) is 28.4 Å². The molecular weight excluding hydrogens is 820 g/mol. The molecule has 0 aromatic heterocycles. The second-order valence-corrected chi connectivity index (χ2v) is 23.4. The van der Waals surface area contributed by atoms with Crippen molar-refractivity contribution in [2.24, 2.45) is 0 Å². The van der Waals surface area contributed by atoms with E-state index in [4.69, 9.17) is 0 Å². The predicted molar refractivity (Wildman–Crippen MR) is 294 cm³/mol. The molecule has 0 saturated carbocycles. The van der Waals surface area contributed by atoms with Gasteiger partial charge in [-0.1, -0.05) is 197 Å². The van der Waals surface area contributed by atoms with Crippen LogP contribution in [0.5, 0.6) is 0 Å². The predicted octanol–water partition coefficient (Wildman–Crippen LogP) is 16.0. The number of fused-ring (bicyclic) bond motifs is 5. The van der Waals surface area contributed by atoms with Crippen LogP contribution in [0.3, 0.4) is 0 Å². The van der Waals surface area contributed by atoms with Gasteiger partial charge in [0.05, 0.1) is 5.69 Å². The highest BCUT2D eigenvalue weighted by molar-refractivity contribution is 7.00. The lowest BCUT2D eigenvalue weighted by molar-refractivity contribution is 0.332. The zero-order valence-corrected chi connectivity index (χ0v) is 42.1. The summed E-state index contributed by atoms with van der Waals surface area (Å²) in [6.45, 7) is 26.3. The van der Waals surface area contributed by atoms with Crippen LogP contribution in [-0.4, -0.2) is 6.71 Å². The third kappa shape index (κ3) is 7.24. The number of aryl methyl sites for hydroxylation is 1. The van der Waals surface area contributed by atoms with Crippen molar-refractivity contribution in [3.63, 3.8) is 0 Å². The van der Waals surface area contributed by atoms with Crippen LogP contribution in [0, 0.1) is 6.92 Å². The Balaban J connectivity index is 1.30. The van der Waals surface area contributed by atoms with Crippen molar-refractivity contribution in [1.29, 1.82) is 0 Å². The smallest absolute Gasteiger partial charge is 0.252 e. The first-order valence-corrected chi connectivity index (χ1v) is 24.9. The minimum Gasteiger partial charge on any atom is -0.311 e. The maximum Gasteiger partial charge on any atom is 0.252 e. The van der Waals surface area contributed by atoms with Crippen LogP contribution in [-0.2, 0) is 21.7 Å². The first-order valence-electron chi connectivity index (χ1n) is 24.9. The van der Waals surface area contributed by atoms with Gasteiger partial charge in [0.25, 0.3) is 6.71 Å². The second kappa shape index (κ2) is 15.7. The molecule has 1 aliphatic carbocycles. The topological polar surface area (TPSA) is 6.48 Å². The fourth-order valence-corrected chi connectivity index (χ4v) is 11.5. The highest BCUT2D eigenvalue weighted by Crippen LogP contribution is 2.53. The summed E-state index contributed by atoms with van der Waals surface area (Å²) in [6, 6.07) is 65.1. The van der Waals surface area contributed by atoms with Crippen LogP contribution in [0.4, 0.5) is 34.1 Å². The Hall–Kier alpha value is -6.58. The van der Waals surface area contributed by atoms with Crippen molar-refractivity contribution >= 4 is 57.2 Å². The molecule has 0 saturated heterocycles. The van der Waals surface area contributed by atoms with E-state index in [0.29, 0.717) is 0 Å². The fourth-order valence-electron chi connectivity index (χ4n) is 11.5. The van der Waals surface area contributed by atoms with Gasteiger partial charge >= 0.3 is 0 Å². The Morgan fingerprint density at radius 1 is 0.397 bits per heavy atom. The number of anilines is 6. The lowest BCUT2D eigenvalue weighted by Gasteiger charge is -2.48. The quantitative estimate of drug-likeness (QED) is 0.159. The first-order chi connectivity index (χ1) is 32.4. The Morgan fingerprint density at radius 2 is 0.882 bits per heavy atom. The number of hydrogen-bond donors (Lipinski definition) is 0. The first kappa shape index (κ1) is 44.0. The van der Waals surface area contributed by atoms with Gasteiger partial charge in [0.1, 0.15) is 0 Å². The van der Waals surface area contributed by atoms with E-state index < -0.39 is 0 Å². The molecule has 11 rings (SSSR count). The third-order valence-electron chi connectivity index (χ3n) is 15.8. The number of hydrogen-bond acceptors (Lipinski definition) is 2. The molecule has 0 fully saturated rings. The van der Waals surface area contributed by atoms with Gasteiger partial charge in [0.15, 0.2) is 0 Å². The molecule has 0 radical (unpaired) electrons. The molecule has 68 heavy (non-hydrogen) atoms. The van der Waals surface area contributed by atoms with E-state index in [1.54, 1.807) is 0 Å². The van der Waals surface area contributed by atoms with E-state index >= 15 is 0 Å². The molecule has 8 aromatic carbocycles. The summed E-state index contributed by atoms with van der Waals surface area (Å²) in [4.78, 5) is 5.33. The molecule has 2 nitrogen and oxygen atoms in total. The van der Waals surface area contributed by atoms with Gasteiger partial charge in [0, 0.05) is 34.0 Å². The minimum atomic E-state index is -0.142. The summed E-state index contributed by atoms with van der Waals surface area (Å²) < 4.78 is 0. The SMILES string of the molecule is Cc1ccc(-c2ccccc2)cc1N1c2cc3c(cc2B2c4cc(-c5ccccc5)ccc4N(c4ccc(C(C)(C)C)cc4-c4ccccc4)c4cc(C(C)(C)C)cc1c42)C(C)(C)CCC3(C)C. The van der Waals surface area contributed by atoms with Gasteiger partial charge in [-0.15, -0.1) is 0 Å². The van der Waals surface area contributed by atoms with Crippen molar-refractivity contribution in [2.75, 3.05) is 9.80 Å². The van der Waals surface area contributed by atoms with Gasteiger partial charge in [0.2, 0.25) is 0 Å². The Morgan fingerprint density at radius 3 is 1.46 bits per heavy atom. The Bertz CT molecular complexity index is 3260. The van der Waals surface area contributed by atoms with Crippen LogP contribution >= 0.6 is 0 Å². The fraction of sp³-hybridized carbons (Fsp3) is 0.262. The van der Waals surface area contributed by atoms with E-state index in [0.717, 1.165) is 12.8 Å². The normalized spacial score (nSPS) is 15.6. The average Bonchev–Trinajstić information content (AvgIpc) is 3.33. The molecule has 0 unspecified atom stereocenters. The van der Waals surface area contributed by atoms with Crippen molar-refractivity contribution in [3.05, 3.63) is 198 Å². The van der Waals surface area contributed by atoms with Gasteiger partial charge < -0.3 is 9.80 Å². The molecule has 8 aromatic rings. The molecule has 0 bridgehead atoms. The molecule has 2 aliphatic heterocycles. The molecule has 0 atom stereocenters. The van der Waals surface area contributed by atoms with Crippen LogP contribution in [0.1, 0.15) is 110 Å². The zero-order valence-electron chi connectivity index (χ0n) is 42.1. The molecular formula is C65H65BN2. The molecule has 3 aliphatic rings. The van der Waals surface area contributed by atoms with Crippen LogP contribution in [0.25, 0.3) is 33.4 Å². The van der Waals surface area contributed by atoms with Crippen molar-refractivity contribution in [1.82, 2.24) is 0 Å². The summed E-state index contributed by atoms with van der Waals surface area (Å²) in [5.74, 6) is 0. The Kier molecular flexibility index (Phi) is 10.2. The van der Waals surface area contributed by atoms with E-state index in [2.05, 4.69) is 256 Å². The monoisotopic (exact) mass is 885 g/mol. The summed E-state index contributed by atoms with van der Waals surface area (Å²) in [7, 11) is 0. The van der Waals surface area contributed by atoms with E-state index in [9.17, 15) is 0 Å². The summed E-state index contributed by atoms with van der Waals surface area (Å²) in [5.41, 5.74) is 25.7. The van der Waals surface area contributed by atoms with Gasteiger partial charge in [-0.3, -0.25) is 0 Å². The molecule has 0 spiro atoms. The number of rotatable bonds is 5. The van der Waals surface area contributed by atoms with Crippen LogP contribution < -0.4 is 26.2 Å². The lowest BCUT2D eigenvalue weighted by Crippen LogP contribution is -2.62. The largest absolute Gasteiger partial charge is 0.311 e. The maximum atomic E-state index is 2.69. The Labute approximate surface area is 406 Å². The standard InChI is InChI=1S/C65H65BN2/c1-42-27-28-47(44-23-17-13-18-24-44)36-57(42)68-58-41-52-51(64(8,9)33-34-65(52,10)11)40-54(58)66-53-35-46(43-21-15-12-16-22-43)29-31-56(53)67(59-38-49(63(5,6)7)39-60(68)61(59)66)55-32-30-48(62(2,3)4)37-50(55)45-25-19-14-20-26-45/h12-32,35-41H,33-34H2,1-11H3. The summed E-state index contributed by atoms with van der Waals surface area (Å²) in [5, 5.41) is 0. The summed E-state index contributed by atoms with van der Waals surface area (Å²) >= 11 is 0. The van der Waals surface area contributed by atoms with Crippen molar-refractivity contribution < 1.29 is 0 Å². The molecule has 338 valence electrons. The third-order valence-corrected chi connectivity index (χ3v) is 15.8.